The van der Waals surface area contributed by atoms with Gasteiger partial charge < -0.3 is 19.6 Å². The Labute approximate surface area is 233 Å². The SMILES string of the molecule is CCC(=O)N1CCC2CCCC(CN(Cc3cc(C(C)(C)C)ccc3O)Cc3ccccc31)N2C(=O)COC. The van der Waals surface area contributed by atoms with Gasteiger partial charge in [0.2, 0.25) is 11.8 Å². The number of hydrogen-bond donors (Lipinski definition) is 1. The number of benzene rings is 2. The van der Waals surface area contributed by atoms with Gasteiger partial charge in [-0.1, -0.05) is 58.0 Å². The molecule has 2 aliphatic rings. The normalized spacial score (nSPS) is 20.7. The minimum Gasteiger partial charge on any atom is -0.508 e. The molecule has 0 spiro atoms. The highest BCUT2D eigenvalue weighted by Gasteiger charge is 2.36. The number of piperidine rings is 1. The van der Waals surface area contributed by atoms with Gasteiger partial charge in [-0.15, -0.1) is 0 Å². The van der Waals surface area contributed by atoms with E-state index in [-0.39, 0.29) is 41.7 Å². The minimum absolute atomic E-state index is 0.00913. The van der Waals surface area contributed by atoms with E-state index in [9.17, 15) is 14.7 Å². The number of amides is 2. The lowest BCUT2D eigenvalue weighted by molar-refractivity contribution is -0.143. The summed E-state index contributed by atoms with van der Waals surface area (Å²) in [7, 11) is 1.57. The van der Waals surface area contributed by atoms with Crippen molar-refractivity contribution in [3.63, 3.8) is 0 Å². The van der Waals surface area contributed by atoms with Crippen molar-refractivity contribution in [2.75, 3.05) is 31.7 Å². The van der Waals surface area contributed by atoms with Crippen molar-refractivity contribution in [3.8, 4) is 5.75 Å². The Hall–Kier alpha value is -2.90. The first kappa shape index (κ1) is 29.1. The van der Waals surface area contributed by atoms with E-state index in [2.05, 4.69) is 42.7 Å². The van der Waals surface area contributed by atoms with Crippen LogP contribution in [0.5, 0.6) is 5.75 Å². The third kappa shape index (κ3) is 6.82. The van der Waals surface area contributed by atoms with Crippen molar-refractivity contribution in [3.05, 3.63) is 59.2 Å². The van der Waals surface area contributed by atoms with Crippen molar-refractivity contribution < 1.29 is 19.4 Å². The molecule has 0 aromatic heterocycles. The summed E-state index contributed by atoms with van der Waals surface area (Å²) >= 11 is 0. The fourth-order valence-corrected chi connectivity index (χ4v) is 6.13. The van der Waals surface area contributed by atoms with Crippen molar-refractivity contribution in [2.24, 2.45) is 0 Å². The summed E-state index contributed by atoms with van der Waals surface area (Å²) in [5, 5.41) is 10.9. The van der Waals surface area contributed by atoms with Gasteiger partial charge >= 0.3 is 0 Å². The molecule has 212 valence electrons. The van der Waals surface area contributed by atoms with Gasteiger partial charge in [-0.25, -0.2) is 0 Å². The maximum absolute atomic E-state index is 13.4. The summed E-state index contributed by atoms with van der Waals surface area (Å²) in [6, 6.07) is 14.1. The lowest BCUT2D eigenvalue weighted by Crippen LogP contribution is -2.55. The number of aromatic hydroxyl groups is 1. The van der Waals surface area contributed by atoms with Crippen LogP contribution in [0.25, 0.3) is 0 Å². The van der Waals surface area contributed by atoms with E-state index in [1.807, 2.05) is 36.1 Å². The summed E-state index contributed by atoms with van der Waals surface area (Å²) in [4.78, 5) is 32.9. The van der Waals surface area contributed by atoms with Gasteiger partial charge in [-0.05, 0) is 54.4 Å². The maximum Gasteiger partial charge on any atom is 0.249 e. The fourth-order valence-electron chi connectivity index (χ4n) is 6.13. The molecule has 4 rings (SSSR count). The second-order valence-electron chi connectivity index (χ2n) is 12.1. The van der Waals surface area contributed by atoms with Gasteiger partial charge in [-0.2, -0.15) is 0 Å². The predicted molar refractivity (Wildman–Crippen MR) is 155 cm³/mol. The first-order chi connectivity index (χ1) is 18.6. The van der Waals surface area contributed by atoms with E-state index in [0.29, 0.717) is 32.6 Å². The second kappa shape index (κ2) is 12.5. The van der Waals surface area contributed by atoms with E-state index in [0.717, 1.165) is 42.5 Å². The second-order valence-corrected chi connectivity index (χ2v) is 12.1. The zero-order chi connectivity index (χ0) is 28.2. The number of nitrogens with zero attached hydrogens (tertiary/aromatic N) is 3. The number of phenols is 1. The molecule has 2 aliphatic heterocycles. The van der Waals surface area contributed by atoms with Crippen LogP contribution in [0.15, 0.2) is 42.5 Å². The van der Waals surface area contributed by atoms with Gasteiger partial charge in [0.15, 0.2) is 0 Å². The number of carbonyl (C=O) groups is 2. The number of anilines is 1. The van der Waals surface area contributed by atoms with Crippen LogP contribution in [0.1, 0.15) is 76.5 Å². The summed E-state index contributed by atoms with van der Waals surface area (Å²) in [5.74, 6) is 0.378. The van der Waals surface area contributed by atoms with Crippen LogP contribution in [-0.2, 0) is 32.8 Å². The molecule has 2 aromatic rings. The Morgan fingerprint density at radius 1 is 1.03 bits per heavy atom. The molecule has 2 aromatic carbocycles. The molecule has 0 saturated carbocycles. The summed E-state index contributed by atoms with van der Waals surface area (Å²) in [6.45, 7) is 10.9. The number of para-hydroxylation sites is 1. The number of hydrogen-bond acceptors (Lipinski definition) is 5. The average Bonchev–Trinajstić information content (AvgIpc) is 2.91. The van der Waals surface area contributed by atoms with Crippen LogP contribution in [0.4, 0.5) is 5.69 Å². The average molecular weight is 536 g/mol. The molecule has 0 radical (unpaired) electrons. The van der Waals surface area contributed by atoms with E-state index < -0.39 is 0 Å². The molecule has 39 heavy (non-hydrogen) atoms. The lowest BCUT2D eigenvalue weighted by atomic mass is 9.86. The smallest absolute Gasteiger partial charge is 0.249 e. The highest BCUT2D eigenvalue weighted by Crippen LogP contribution is 2.33. The standard InChI is InChI=1S/C32H45N3O4/c1-6-30(37)34-17-16-26-11-9-12-27(35(26)31(38)22-39-5)21-33(19-23-10-7-8-13-28(23)34)20-24-18-25(32(2,3)4)14-15-29(24)36/h7-8,10,13-15,18,26-27,36H,6,9,11-12,16-17,19-22H2,1-5H3. The van der Waals surface area contributed by atoms with Crippen LogP contribution in [0.2, 0.25) is 0 Å². The molecule has 2 amide bonds. The lowest BCUT2D eigenvalue weighted by Gasteiger charge is -2.44. The zero-order valence-corrected chi connectivity index (χ0v) is 24.3. The van der Waals surface area contributed by atoms with E-state index >= 15 is 0 Å². The molecule has 1 N–H and O–H groups in total. The van der Waals surface area contributed by atoms with Crippen molar-refractivity contribution in [2.45, 2.75) is 90.4 Å². The van der Waals surface area contributed by atoms with Gasteiger partial charge in [0, 0.05) is 63.0 Å². The minimum atomic E-state index is -0.0421. The Morgan fingerprint density at radius 2 is 1.77 bits per heavy atom. The third-order valence-electron chi connectivity index (χ3n) is 8.19. The molecular formula is C32H45N3O4. The van der Waals surface area contributed by atoms with Crippen LogP contribution < -0.4 is 4.90 Å². The number of fused-ring (bicyclic) bond motifs is 3. The van der Waals surface area contributed by atoms with E-state index in [1.165, 1.54) is 5.56 Å². The van der Waals surface area contributed by atoms with Crippen LogP contribution >= 0.6 is 0 Å². The van der Waals surface area contributed by atoms with Crippen molar-refractivity contribution in [1.29, 1.82) is 0 Å². The number of rotatable bonds is 5. The van der Waals surface area contributed by atoms with Gasteiger partial charge in [-0.3, -0.25) is 14.5 Å². The third-order valence-corrected chi connectivity index (χ3v) is 8.19. The molecule has 0 aliphatic carbocycles. The van der Waals surface area contributed by atoms with E-state index in [4.69, 9.17) is 4.74 Å². The van der Waals surface area contributed by atoms with Gasteiger partial charge in [0.25, 0.3) is 0 Å². The van der Waals surface area contributed by atoms with E-state index in [1.54, 1.807) is 13.2 Å². The zero-order valence-electron chi connectivity index (χ0n) is 24.3. The molecule has 7 nitrogen and oxygen atoms in total. The Kier molecular flexibility index (Phi) is 9.34. The number of phenolic OH excluding ortho intramolecular Hbond substituents is 1. The topological polar surface area (TPSA) is 73.3 Å². The molecule has 1 fully saturated rings. The molecule has 2 bridgehead atoms. The van der Waals surface area contributed by atoms with Gasteiger partial charge in [0.1, 0.15) is 12.4 Å². The largest absolute Gasteiger partial charge is 0.508 e. The van der Waals surface area contributed by atoms with Crippen molar-refractivity contribution in [1.82, 2.24) is 9.80 Å². The monoisotopic (exact) mass is 535 g/mol. The number of carbonyl (C=O) groups excluding carboxylic acids is 2. The first-order valence-corrected chi connectivity index (χ1v) is 14.4. The molecule has 1 saturated heterocycles. The highest BCUT2D eigenvalue weighted by molar-refractivity contribution is 5.94. The Balaban J connectivity index is 1.78. The first-order valence-electron chi connectivity index (χ1n) is 14.4. The molecular weight excluding hydrogens is 490 g/mol. The summed E-state index contributed by atoms with van der Waals surface area (Å²) in [6.07, 6.45) is 4.05. The van der Waals surface area contributed by atoms with Crippen LogP contribution in [0, 0.1) is 0 Å². The fraction of sp³-hybridized carbons (Fsp3) is 0.562. The Bertz CT molecular complexity index is 1160. The van der Waals surface area contributed by atoms with Crippen LogP contribution in [0.3, 0.4) is 0 Å². The van der Waals surface area contributed by atoms with Crippen molar-refractivity contribution >= 4 is 17.5 Å². The predicted octanol–water partition coefficient (Wildman–Crippen LogP) is 5.23. The molecule has 2 unspecified atom stereocenters. The molecule has 7 heteroatoms. The highest BCUT2D eigenvalue weighted by atomic mass is 16.5. The maximum atomic E-state index is 13.4. The molecule has 2 atom stereocenters. The Morgan fingerprint density at radius 3 is 2.49 bits per heavy atom. The summed E-state index contributed by atoms with van der Waals surface area (Å²) in [5.41, 5.74) is 4.02. The quantitative estimate of drug-likeness (QED) is 0.567. The molecule has 2 heterocycles. The van der Waals surface area contributed by atoms with Crippen LogP contribution in [-0.4, -0.2) is 65.6 Å². The number of ether oxygens (including phenoxy) is 1. The van der Waals surface area contributed by atoms with Gasteiger partial charge in [0.05, 0.1) is 0 Å². The summed E-state index contributed by atoms with van der Waals surface area (Å²) < 4.78 is 5.28. The number of methoxy groups -OCH3 is 1.